The molecule has 35 heavy (non-hydrogen) atoms. The number of anilines is 3. The molecule has 182 valence electrons. The number of benzene rings is 1. The molecular formula is C22H23N7O5S. The maximum Gasteiger partial charge on any atom is 0.407 e. The summed E-state index contributed by atoms with van der Waals surface area (Å²) in [6.07, 6.45) is 0.474. The van der Waals surface area contributed by atoms with Crippen molar-refractivity contribution in [1.29, 1.82) is 5.26 Å². The fraction of sp³-hybridized carbons (Fsp3) is 0.318. The number of hydrogen-bond donors (Lipinski definition) is 3. The Morgan fingerprint density at radius 1 is 1.34 bits per heavy atom. The zero-order chi connectivity index (χ0) is 25.3. The van der Waals surface area contributed by atoms with Crippen molar-refractivity contribution in [3.63, 3.8) is 0 Å². The molecule has 1 aromatic carbocycles. The highest BCUT2D eigenvalue weighted by Crippen LogP contribution is 2.38. The summed E-state index contributed by atoms with van der Waals surface area (Å²) in [4.78, 5) is 34.1. The predicted molar refractivity (Wildman–Crippen MR) is 126 cm³/mol. The Balaban J connectivity index is 1.66. The van der Waals surface area contributed by atoms with Crippen molar-refractivity contribution in [3.05, 3.63) is 46.8 Å². The standard InChI is InChI=1S/C22H23N7O5S/c1-3-29-16-7-5-4-6-15(16)25-18(29)17(10-23)35(33,34)20-13(2)11-24-21(27-20)26-19(30)14-8-9-28(12-14)22(31)32/h4-7,11,14,25H,3,8-9,12H2,1-2H3,(H,31,32)(H,24,26,27,30)/b18-17-. The lowest BCUT2D eigenvalue weighted by Gasteiger charge is -2.19. The summed E-state index contributed by atoms with van der Waals surface area (Å²) >= 11 is 0. The lowest BCUT2D eigenvalue weighted by Crippen LogP contribution is -2.30. The number of carbonyl (C=O) groups excluding carboxylic acids is 1. The monoisotopic (exact) mass is 497 g/mol. The largest absolute Gasteiger partial charge is 0.465 e. The molecule has 1 unspecified atom stereocenters. The van der Waals surface area contributed by atoms with Crippen LogP contribution in [0.25, 0.3) is 0 Å². The Morgan fingerprint density at radius 3 is 2.74 bits per heavy atom. The summed E-state index contributed by atoms with van der Waals surface area (Å²) in [6, 6.07) is 9.02. The van der Waals surface area contributed by atoms with Gasteiger partial charge in [0.25, 0.3) is 0 Å². The molecule has 1 atom stereocenters. The Morgan fingerprint density at radius 2 is 2.09 bits per heavy atom. The summed E-state index contributed by atoms with van der Waals surface area (Å²) in [6.45, 7) is 4.00. The molecule has 2 aromatic rings. The molecule has 1 aromatic heterocycles. The summed E-state index contributed by atoms with van der Waals surface area (Å²) in [5, 5.41) is 24.0. The molecule has 0 radical (unpaired) electrons. The van der Waals surface area contributed by atoms with E-state index in [-0.39, 0.29) is 30.4 Å². The second kappa shape index (κ2) is 9.22. The average molecular weight is 498 g/mol. The minimum absolute atomic E-state index is 0.0297. The molecule has 1 saturated heterocycles. The van der Waals surface area contributed by atoms with E-state index in [4.69, 9.17) is 5.11 Å². The van der Waals surface area contributed by atoms with Crippen LogP contribution in [0.1, 0.15) is 18.9 Å². The van der Waals surface area contributed by atoms with Gasteiger partial charge in [-0.3, -0.25) is 10.1 Å². The maximum absolute atomic E-state index is 13.6. The maximum atomic E-state index is 13.6. The van der Waals surface area contributed by atoms with Crippen molar-refractivity contribution >= 4 is 39.2 Å². The van der Waals surface area contributed by atoms with Crippen LogP contribution in [0.5, 0.6) is 0 Å². The van der Waals surface area contributed by atoms with E-state index in [1.165, 1.54) is 13.1 Å². The quantitative estimate of drug-likeness (QED) is 0.411. The number of amides is 2. The molecule has 0 bridgehead atoms. The zero-order valence-electron chi connectivity index (χ0n) is 19.0. The van der Waals surface area contributed by atoms with Gasteiger partial charge in [-0.1, -0.05) is 12.1 Å². The molecule has 13 heteroatoms. The van der Waals surface area contributed by atoms with Crippen molar-refractivity contribution in [2.45, 2.75) is 25.3 Å². The van der Waals surface area contributed by atoms with E-state index in [2.05, 4.69) is 20.6 Å². The number of likely N-dealkylation sites (tertiary alicyclic amines) is 1. The second-order valence-electron chi connectivity index (χ2n) is 8.06. The first kappa shape index (κ1) is 24.0. The van der Waals surface area contributed by atoms with Crippen LogP contribution >= 0.6 is 0 Å². The summed E-state index contributed by atoms with van der Waals surface area (Å²) in [7, 11) is -4.40. The smallest absolute Gasteiger partial charge is 0.407 e. The molecule has 2 aliphatic heterocycles. The number of aryl methyl sites for hydroxylation is 1. The molecule has 3 N–H and O–H groups in total. The molecule has 4 rings (SSSR count). The zero-order valence-corrected chi connectivity index (χ0v) is 19.8. The van der Waals surface area contributed by atoms with Gasteiger partial charge in [0, 0.05) is 31.4 Å². The van der Waals surface area contributed by atoms with Gasteiger partial charge in [0.2, 0.25) is 21.7 Å². The molecule has 3 heterocycles. The van der Waals surface area contributed by atoms with Gasteiger partial charge in [-0.05, 0) is 32.4 Å². The number of allylic oxidation sites excluding steroid dienone is 1. The first-order chi connectivity index (χ1) is 16.7. The van der Waals surface area contributed by atoms with E-state index in [1.807, 2.05) is 25.1 Å². The Kier molecular flexibility index (Phi) is 6.31. The molecule has 2 amide bonds. The number of nitrogens with one attached hydrogen (secondary N) is 2. The topological polar surface area (TPSA) is 169 Å². The first-order valence-corrected chi connectivity index (χ1v) is 12.3. The number of rotatable bonds is 5. The Hall–Kier alpha value is -4.18. The van der Waals surface area contributed by atoms with Gasteiger partial charge >= 0.3 is 6.09 Å². The first-order valence-electron chi connectivity index (χ1n) is 10.8. The number of nitriles is 1. The average Bonchev–Trinajstić information content (AvgIpc) is 3.46. The van der Waals surface area contributed by atoms with Gasteiger partial charge in [0.1, 0.15) is 11.9 Å². The van der Waals surface area contributed by atoms with Crippen LogP contribution in [0.3, 0.4) is 0 Å². The molecule has 12 nitrogen and oxygen atoms in total. The van der Waals surface area contributed by atoms with Gasteiger partial charge in [0.15, 0.2) is 9.93 Å². The van der Waals surface area contributed by atoms with Crippen molar-refractivity contribution < 1.29 is 23.1 Å². The Labute approximate surface area is 201 Å². The fourth-order valence-corrected chi connectivity index (χ4v) is 5.51. The molecule has 0 aliphatic carbocycles. The lowest BCUT2D eigenvalue weighted by atomic mass is 10.1. The number of sulfone groups is 1. The number of aromatic nitrogens is 2. The van der Waals surface area contributed by atoms with Crippen molar-refractivity contribution in [1.82, 2.24) is 14.9 Å². The van der Waals surface area contributed by atoms with Crippen LogP contribution in [0.15, 0.2) is 46.2 Å². The minimum atomic E-state index is -4.40. The summed E-state index contributed by atoms with van der Waals surface area (Å²) in [5.74, 6) is -1.23. The fourth-order valence-electron chi connectivity index (χ4n) is 4.09. The van der Waals surface area contributed by atoms with Crippen LogP contribution in [0, 0.1) is 24.2 Å². The van der Waals surface area contributed by atoms with Crippen LogP contribution in [0.2, 0.25) is 0 Å². The highest BCUT2D eigenvalue weighted by Gasteiger charge is 2.35. The molecule has 1 fully saturated rings. The highest BCUT2D eigenvalue weighted by molar-refractivity contribution is 7.95. The molecule has 0 spiro atoms. The molecule has 2 aliphatic rings. The SMILES string of the molecule is CCN1/C(=C(/C#N)S(=O)(=O)c2nc(NC(=O)C3CCN(C(=O)O)C3)ncc2C)Nc2ccccc21. The van der Waals surface area contributed by atoms with E-state index < -0.39 is 37.7 Å². The normalized spacial score (nSPS) is 18.5. The van der Waals surface area contributed by atoms with E-state index in [1.54, 1.807) is 17.0 Å². The van der Waals surface area contributed by atoms with Crippen LogP contribution in [0.4, 0.5) is 22.1 Å². The van der Waals surface area contributed by atoms with Gasteiger partial charge in [-0.25, -0.2) is 23.2 Å². The van der Waals surface area contributed by atoms with E-state index in [0.717, 1.165) is 10.6 Å². The van der Waals surface area contributed by atoms with Crippen LogP contribution in [-0.4, -0.2) is 60.0 Å². The molecular weight excluding hydrogens is 474 g/mol. The van der Waals surface area contributed by atoms with Crippen molar-refractivity contribution in [2.75, 3.05) is 35.2 Å². The minimum Gasteiger partial charge on any atom is -0.465 e. The van der Waals surface area contributed by atoms with E-state index in [0.29, 0.717) is 18.7 Å². The number of fused-ring (bicyclic) bond motifs is 1. The van der Waals surface area contributed by atoms with Gasteiger partial charge in [-0.2, -0.15) is 5.26 Å². The van der Waals surface area contributed by atoms with Gasteiger partial charge in [-0.15, -0.1) is 0 Å². The summed E-state index contributed by atoms with van der Waals surface area (Å²) < 4.78 is 27.1. The van der Waals surface area contributed by atoms with Crippen LogP contribution in [-0.2, 0) is 14.6 Å². The third-order valence-corrected chi connectivity index (χ3v) is 7.61. The number of nitrogens with zero attached hydrogens (tertiary/aromatic N) is 5. The number of hydrogen-bond acceptors (Lipinski definition) is 9. The second-order valence-corrected chi connectivity index (χ2v) is 9.87. The third-order valence-electron chi connectivity index (χ3n) is 5.86. The highest BCUT2D eigenvalue weighted by atomic mass is 32.2. The lowest BCUT2D eigenvalue weighted by molar-refractivity contribution is -0.119. The van der Waals surface area contributed by atoms with Crippen molar-refractivity contribution in [3.8, 4) is 6.07 Å². The van der Waals surface area contributed by atoms with E-state index in [9.17, 15) is 23.3 Å². The van der Waals surface area contributed by atoms with Crippen molar-refractivity contribution in [2.24, 2.45) is 5.92 Å². The number of carbonyl (C=O) groups is 2. The molecule has 0 saturated carbocycles. The van der Waals surface area contributed by atoms with E-state index >= 15 is 0 Å². The van der Waals surface area contributed by atoms with Gasteiger partial charge < -0.3 is 20.2 Å². The van der Waals surface area contributed by atoms with Crippen LogP contribution < -0.4 is 15.5 Å². The summed E-state index contributed by atoms with van der Waals surface area (Å²) in [5.41, 5.74) is 1.62. The number of carboxylic acid groups (broad SMARTS) is 1. The third kappa shape index (κ3) is 4.35. The van der Waals surface area contributed by atoms with Gasteiger partial charge in [0.05, 0.1) is 17.3 Å². The number of para-hydroxylation sites is 2. The predicted octanol–water partition coefficient (Wildman–Crippen LogP) is 2.14. The Bertz CT molecular complexity index is 1380.